The lowest BCUT2D eigenvalue weighted by Gasteiger charge is -2.11. The van der Waals surface area contributed by atoms with Crippen molar-refractivity contribution in [1.29, 1.82) is 0 Å². The number of aryl methyl sites for hydroxylation is 2. The Morgan fingerprint density at radius 1 is 1.14 bits per heavy atom. The standard InChI is InChI=1S/C18H21NO2/c1-4-8-16-15(18(20)21-5-2)11-12-17(19-16)14-10-7-6-9-13(14)3/h6-7,9-12H,4-5,8H2,1-3H3. The maximum Gasteiger partial charge on any atom is 0.339 e. The molecule has 0 amide bonds. The zero-order valence-corrected chi connectivity index (χ0v) is 12.8. The average Bonchev–Trinajstić information content (AvgIpc) is 2.48. The van der Waals surface area contributed by atoms with Crippen molar-refractivity contribution < 1.29 is 9.53 Å². The Hall–Kier alpha value is -2.16. The summed E-state index contributed by atoms with van der Waals surface area (Å²) in [4.78, 5) is 16.7. The van der Waals surface area contributed by atoms with Gasteiger partial charge in [-0.2, -0.15) is 0 Å². The second-order valence-electron chi connectivity index (χ2n) is 4.98. The number of pyridine rings is 1. The van der Waals surface area contributed by atoms with Gasteiger partial charge < -0.3 is 4.74 Å². The molecule has 0 unspecified atom stereocenters. The first kappa shape index (κ1) is 15.2. The largest absolute Gasteiger partial charge is 0.462 e. The molecule has 0 N–H and O–H groups in total. The van der Waals surface area contributed by atoms with Crippen molar-refractivity contribution in [2.24, 2.45) is 0 Å². The number of esters is 1. The van der Waals surface area contributed by atoms with Crippen LogP contribution in [-0.2, 0) is 11.2 Å². The number of aromatic nitrogens is 1. The minimum Gasteiger partial charge on any atom is -0.462 e. The fraction of sp³-hybridized carbons (Fsp3) is 0.333. The fourth-order valence-electron chi connectivity index (χ4n) is 2.33. The lowest BCUT2D eigenvalue weighted by atomic mass is 10.0. The number of carbonyl (C=O) groups is 1. The van der Waals surface area contributed by atoms with Crippen LogP contribution in [0, 0.1) is 6.92 Å². The molecule has 0 aliphatic carbocycles. The molecule has 0 radical (unpaired) electrons. The lowest BCUT2D eigenvalue weighted by molar-refractivity contribution is 0.0524. The molecule has 3 heteroatoms. The number of carbonyl (C=O) groups excluding carboxylic acids is 1. The highest BCUT2D eigenvalue weighted by molar-refractivity contribution is 5.91. The van der Waals surface area contributed by atoms with E-state index < -0.39 is 0 Å². The zero-order valence-electron chi connectivity index (χ0n) is 12.8. The molecule has 0 spiro atoms. The van der Waals surface area contributed by atoms with Crippen LogP contribution in [0.25, 0.3) is 11.3 Å². The van der Waals surface area contributed by atoms with E-state index in [2.05, 4.69) is 26.0 Å². The van der Waals surface area contributed by atoms with Crippen molar-refractivity contribution >= 4 is 5.97 Å². The summed E-state index contributed by atoms with van der Waals surface area (Å²) >= 11 is 0. The van der Waals surface area contributed by atoms with Crippen molar-refractivity contribution in [1.82, 2.24) is 4.98 Å². The molecule has 0 saturated heterocycles. The maximum atomic E-state index is 12.0. The Bertz CT molecular complexity index is 635. The van der Waals surface area contributed by atoms with Gasteiger partial charge in [-0.15, -0.1) is 0 Å². The summed E-state index contributed by atoms with van der Waals surface area (Å²) < 4.78 is 5.11. The molecule has 3 nitrogen and oxygen atoms in total. The van der Waals surface area contributed by atoms with E-state index in [4.69, 9.17) is 9.72 Å². The topological polar surface area (TPSA) is 39.2 Å². The van der Waals surface area contributed by atoms with Crippen LogP contribution in [0.4, 0.5) is 0 Å². The predicted molar refractivity (Wildman–Crippen MR) is 84.4 cm³/mol. The predicted octanol–water partition coefficient (Wildman–Crippen LogP) is 4.19. The molecule has 1 heterocycles. The van der Waals surface area contributed by atoms with Gasteiger partial charge in [-0.1, -0.05) is 37.6 Å². The molecule has 0 atom stereocenters. The number of nitrogens with zero attached hydrogens (tertiary/aromatic N) is 1. The van der Waals surface area contributed by atoms with E-state index in [1.54, 1.807) is 0 Å². The van der Waals surface area contributed by atoms with Gasteiger partial charge in [-0.05, 0) is 38.0 Å². The van der Waals surface area contributed by atoms with Gasteiger partial charge >= 0.3 is 5.97 Å². The van der Waals surface area contributed by atoms with Crippen molar-refractivity contribution in [2.45, 2.75) is 33.6 Å². The summed E-state index contributed by atoms with van der Waals surface area (Å²) in [6.45, 7) is 6.34. The molecule has 0 fully saturated rings. The van der Waals surface area contributed by atoms with Gasteiger partial charge in [0.1, 0.15) is 0 Å². The Balaban J connectivity index is 2.45. The van der Waals surface area contributed by atoms with Crippen molar-refractivity contribution in [2.75, 3.05) is 6.61 Å². The highest BCUT2D eigenvalue weighted by atomic mass is 16.5. The SMILES string of the molecule is CCCc1nc(-c2ccccc2C)ccc1C(=O)OCC. The third-order valence-corrected chi connectivity index (χ3v) is 3.38. The third kappa shape index (κ3) is 3.48. The number of ether oxygens (including phenoxy) is 1. The minimum atomic E-state index is -0.287. The Labute approximate surface area is 126 Å². The zero-order chi connectivity index (χ0) is 15.2. The molecule has 1 aromatic carbocycles. The van der Waals surface area contributed by atoms with Gasteiger partial charge in [0.05, 0.1) is 23.6 Å². The van der Waals surface area contributed by atoms with Crippen LogP contribution in [0.15, 0.2) is 36.4 Å². The number of benzene rings is 1. The smallest absolute Gasteiger partial charge is 0.339 e. The molecule has 0 aliphatic heterocycles. The molecule has 21 heavy (non-hydrogen) atoms. The van der Waals surface area contributed by atoms with E-state index in [-0.39, 0.29) is 5.97 Å². The van der Waals surface area contributed by atoms with E-state index in [0.717, 1.165) is 29.8 Å². The summed E-state index contributed by atoms with van der Waals surface area (Å²) in [7, 11) is 0. The van der Waals surface area contributed by atoms with Crippen LogP contribution >= 0.6 is 0 Å². The molecule has 0 aliphatic rings. The van der Waals surface area contributed by atoms with Crippen LogP contribution in [0.3, 0.4) is 0 Å². The van der Waals surface area contributed by atoms with Crippen LogP contribution in [0.1, 0.15) is 41.9 Å². The highest BCUT2D eigenvalue weighted by Gasteiger charge is 2.15. The van der Waals surface area contributed by atoms with Crippen molar-refractivity contribution in [3.63, 3.8) is 0 Å². The van der Waals surface area contributed by atoms with Crippen LogP contribution in [0.2, 0.25) is 0 Å². The van der Waals surface area contributed by atoms with Gasteiger partial charge in [-0.3, -0.25) is 4.98 Å². The van der Waals surface area contributed by atoms with E-state index in [1.165, 1.54) is 5.56 Å². The van der Waals surface area contributed by atoms with Crippen molar-refractivity contribution in [3.05, 3.63) is 53.2 Å². The first-order valence-corrected chi connectivity index (χ1v) is 7.40. The van der Waals surface area contributed by atoms with Crippen LogP contribution in [0.5, 0.6) is 0 Å². The average molecular weight is 283 g/mol. The fourth-order valence-corrected chi connectivity index (χ4v) is 2.33. The summed E-state index contributed by atoms with van der Waals surface area (Å²) in [6, 6.07) is 11.9. The number of hydrogen-bond acceptors (Lipinski definition) is 3. The molecule has 0 saturated carbocycles. The highest BCUT2D eigenvalue weighted by Crippen LogP contribution is 2.23. The Kier molecular flexibility index (Phi) is 5.09. The first-order valence-electron chi connectivity index (χ1n) is 7.40. The molecule has 0 bridgehead atoms. The van der Waals surface area contributed by atoms with E-state index in [9.17, 15) is 4.79 Å². The quantitative estimate of drug-likeness (QED) is 0.772. The summed E-state index contributed by atoms with van der Waals surface area (Å²) in [5.74, 6) is -0.287. The number of rotatable bonds is 5. The summed E-state index contributed by atoms with van der Waals surface area (Å²) in [6.07, 6.45) is 1.71. The van der Waals surface area contributed by atoms with Gasteiger partial charge in [0.25, 0.3) is 0 Å². The second kappa shape index (κ2) is 7.02. The minimum absolute atomic E-state index is 0.287. The number of hydrogen-bond donors (Lipinski definition) is 0. The Morgan fingerprint density at radius 3 is 2.57 bits per heavy atom. The first-order chi connectivity index (χ1) is 10.2. The summed E-state index contributed by atoms with van der Waals surface area (Å²) in [5.41, 5.74) is 4.58. The maximum absolute atomic E-state index is 12.0. The van der Waals surface area contributed by atoms with E-state index >= 15 is 0 Å². The van der Waals surface area contributed by atoms with E-state index in [1.807, 2.05) is 31.2 Å². The molecule has 1 aromatic heterocycles. The normalized spacial score (nSPS) is 10.4. The van der Waals surface area contributed by atoms with Crippen LogP contribution in [-0.4, -0.2) is 17.6 Å². The molecule has 2 aromatic rings. The van der Waals surface area contributed by atoms with Gasteiger partial charge in [0, 0.05) is 5.56 Å². The van der Waals surface area contributed by atoms with E-state index in [0.29, 0.717) is 12.2 Å². The van der Waals surface area contributed by atoms with Gasteiger partial charge in [-0.25, -0.2) is 4.79 Å². The second-order valence-corrected chi connectivity index (χ2v) is 4.98. The monoisotopic (exact) mass is 283 g/mol. The third-order valence-electron chi connectivity index (χ3n) is 3.38. The molecule has 110 valence electrons. The van der Waals surface area contributed by atoms with Gasteiger partial charge in [0.15, 0.2) is 0 Å². The van der Waals surface area contributed by atoms with Gasteiger partial charge in [0.2, 0.25) is 0 Å². The molecule has 2 rings (SSSR count). The van der Waals surface area contributed by atoms with Crippen LogP contribution < -0.4 is 0 Å². The molecular formula is C18H21NO2. The Morgan fingerprint density at radius 2 is 1.90 bits per heavy atom. The van der Waals surface area contributed by atoms with Crippen molar-refractivity contribution in [3.8, 4) is 11.3 Å². The lowest BCUT2D eigenvalue weighted by Crippen LogP contribution is -2.10. The summed E-state index contributed by atoms with van der Waals surface area (Å²) in [5, 5.41) is 0. The molecular weight excluding hydrogens is 262 g/mol.